The summed E-state index contributed by atoms with van der Waals surface area (Å²) in [6.07, 6.45) is 0. The van der Waals surface area contributed by atoms with Crippen LogP contribution in [0.25, 0.3) is 0 Å². The summed E-state index contributed by atoms with van der Waals surface area (Å²) >= 11 is 0. The SMILES string of the molecule is NC(=O)[C@H](c1ccc(F)cc1)c1ccc(C(=O)c2ccccc2)cc1. The van der Waals surface area contributed by atoms with Gasteiger partial charge in [0.25, 0.3) is 0 Å². The Morgan fingerprint density at radius 3 is 1.72 bits per heavy atom. The Morgan fingerprint density at radius 1 is 0.720 bits per heavy atom. The van der Waals surface area contributed by atoms with Crippen molar-refractivity contribution >= 4 is 11.7 Å². The molecule has 0 radical (unpaired) electrons. The highest BCUT2D eigenvalue weighted by molar-refractivity contribution is 6.09. The smallest absolute Gasteiger partial charge is 0.229 e. The van der Waals surface area contributed by atoms with E-state index in [4.69, 9.17) is 5.73 Å². The van der Waals surface area contributed by atoms with Crippen LogP contribution in [0.15, 0.2) is 78.9 Å². The van der Waals surface area contributed by atoms with Crippen LogP contribution in [0.3, 0.4) is 0 Å². The molecule has 2 N–H and O–H groups in total. The first-order valence-electron chi connectivity index (χ1n) is 7.81. The Labute approximate surface area is 144 Å². The number of nitrogens with two attached hydrogens (primary N) is 1. The molecule has 0 bridgehead atoms. The monoisotopic (exact) mass is 333 g/mol. The number of hydrogen-bond acceptors (Lipinski definition) is 2. The third kappa shape index (κ3) is 3.63. The molecule has 3 aromatic rings. The second-order valence-corrected chi connectivity index (χ2v) is 5.70. The van der Waals surface area contributed by atoms with E-state index in [9.17, 15) is 14.0 Å². The standard InChI is InChI=1S/C21H16FNO2/c22-18-12-10-15(11-13-18)19(21(23)25)14-6-8-17(9-7-14)20(24)16-4-2-1-3-5-16/h1-13,19H,(H2,23,25)/t19-/m0/s1. The first-order valence-corrected chi connectivity index (χ1v) is 7.81. The number of rotatable bonds is 5. The number of amides is 1. The lowest BCUT2D eigenvalue weighted by Gasteiger charge is -2.15. The van der Waals surface area contributed by atoms with E-state index in [1.54, 1.807) is 48.5 Å². The Hall–Kier alpha value is -3.27. The van der Waals surface area contributed by atoms with Crippen molar-refractivity contribution in [3.05, 3.63) is 107 Å². The van der Waals surface area contributed by atoms with Crippen molar-refractivity contribution in [1.82, 2.24) is 0 Å². The summed E-state index contributed by atoms with van der Waals surface area (Å²) in [7, 11) is 0. The summed E-state index contributed by atoms with van der Waals surface area (Å²) < 4.78 is 13.1. The number of carbonyl (C=O) groups excluding carboxylic acids is 2. The third-order valence-electron chi connectivity index (χ3n) is 4.03. The summed E-state index contributed by atoms with van der Waals surface area (Å²) in [4.78, 5) is 24.3. The van der Waals surface area contributed by atoms with Gasteiger partial charge < -0.3 is 5.73 Å². The third-order valence-corrected chi connectivity index (χ3v) is 4.03. The molecule has 3 rings (SSSR count). The van der Waals surface area contributed by atoms with Crippen molar-refractivity contribution in [2.75, 3.05) is 0 Å². The molecule has 0 unspecified atom stereocenters. The maximum Gasteiger partial charge on any atom is 0.229 e. The fourth-order valence-corrected chi connectivity index (χ4v) is 2.76. The molecule has 25 heavy (non-hydrogen) atoms. The minimum Gasteiger partial charge on any atom is -0.369 e. The fourth-order valence-electron chi connectivity index (χ4n) is 2.76. The van der Waals surface area contributed by atoms with Crippen LogP contribution >= 0.6 is 0 Å². The Balaban J connectivity index is 1.91. The van der Waals surface area contributed by atoms with Gasteiger partial charge in [0.05, 0.1) is 5.92 Å². The number of primary amides is 1. The molecule has 0 aromatic heterocycles. The van der Waals surface area contributed by atoms with Crippen molar-refractivity contribution in [2.24, 2.45) is 5.73 Å². The normalized spacial score (nSPS) is 11.7. The molecule has 3 aromatic carbocycles. The minimum atomic E-state index is -0.693. The van der Waals surface area contributed by atoms with Crippen molar-refractivity contribution in [2.45, 2.75) is 5.92 Å². The molecule has 124 valence electrons. The van der Waals surface area contributed by atoms with Crippen LogP contribution in [-0.4, -0.2) is 11.7 Å². The van der Waals surface area contributed by atoms with Gasteiger partial charge in [-0.1, -0.05) is 66.7 Å². The Bertz CT molecular complexity index is 887. The molecule has 0 saturated heterocycles. The second kappa shape index (κ2) is 7.09. The minimum absolute atomic E-state index is 0.0930. The molecule has 3 nitrogen and oxygen atoms in total. The molecule has 0 spiro atoms. The summed E-state index contributed by atoms with van der Waals surface area (Å²) in [6.45, 7) is 0. The molecule has 1 amide bonds. The summed E-state index contributed by atoms with van der Waals surface area (Å²) in [5, 5.41) is 0. The maximum absolute atomic E-state index is 13.1. The van der Waals surface area contributed by atoms with Gasteiger partial charge in [-0.05, 0) is 23.3 Å². The van der Waals surface area contributed by atoms with Crippen LogP contribution in [-0.2, 0) is 4.79 Å². The molecule has 4 heteroatoms. The first kappa shape index (κ1) is 16.6. The van der Waals surface area contributed by atoms with Gasteiger partial charge in [0.2, 0.25) is 5.91 Å². The molecule has 1 atom stereocenters. The van der Waals surface area contributed by atoms with Gasteiger partial charge in [-0.15, -0.1) is 0 Å². The van der Waals surface area contributed by atoms with E-state index in [1.807, 2.05) is 6.07 Å². The van der Waals surface area contributed by atoms with Crippen LogP contribution in [0, 0.1) is 5.82 Å². The molecule has 0 aliphatic rings. The molecular formula is C21H16FNO2. The predicted molar refractivity (Wildman–Crippen MR) is 93.8 cm³/mol. The van der Waals surface area contributed by atoms with E-state index in [1.165, 1.54) is 24.3 Å². The van der Waals surface area contributed by atoms with Crippen molar-refractivity contribution in [3.8, 4) is 0 Å². The van der Waals surface area contributed by atoms with E-state index < -0.39 is 11.8 Å². The van der Waals surface area contributed by atoms with Gasteiger partial charge in [0.1, 0.15) is 5.82 Å². The number of carbonyl (C=O) groups is 2. The fraction of sp³-hybridized carbons (Fsp3) is 0.0476. The van der Waals surface area contributed by atoms with Crippen LogP contribution < -0.4 is 5.73 Å². The lowest BCUT2D eigenvalue weighted by molar-refractivity contribution is -0.118. The van der Waals surface area contributed by atoms with Gasteiger partial charge in [0, 0.05) is 11.1 Å². The highest BCUT2D eigenvalue weighted by Crippen LogP contribution is 2.25. The zero-order chi connectivity index (χ0) is 17.8. The van der Waals surface area contributed by atoms with Crippen LogP contribution in [0.2, 0.25) is 0 Å². The number of benzene rings is 3. The second-order valence-electron chi connectivity index (χ2n) is 5.70. The maximum atomic E-state index is 13.1. The largest absolute Gasteiger partial charge is 0.369 e. The lowest BCUT2D eigenvalue weighted by atomic mass is 9.89. The summed E-state index contributed by atoms with van der Waals surface area (Å²) in [6, 6.07) is 21.4. The van der Waals surface area contributed by atoms with Crippen molar-refractivity contribution in [1.29, 1.82) is 0 Å². The molecule has 0 aliphatic carbocycles. The summed E-state index contributed by atoms with van der Waals surface area (Å²) in [5.74, 6) is -1.70. The quantitative estimate of drug-likeness (QED) is 0.724. The Morgan fingerprint density at radius 2 is 1.20 bits per heavy atom. The van der Waals surface area contributed by atoms with Crippen LogP contribution in [0.1, 0.15) is 33.0 Å². The average Bonchev–Trinajstić information content (AvgIpc) is 2.64. The van der Waals surface area contributed by atoms with Gasteiger partial charge >= 0.3 is 0 Å². The van der Waals surface area contributed by atoms with Gasteiger partial charge in [-0.25, -0.2) is 4.39 Å². The highest BCUT2D eigenvalue weighted by atomic mass is 19.1. The van der Waals surface area contributed by atoms with E-state index in [-0.39, 0.29) is 11.6 Å². The van der Waals surface area contributed by atoms with E-state index >= 15 is 0 Å². The van der Waals surface area contributed by atoms with Gasteiger partial charge in [-0.3, -0.25) is 9.59 Å². The van der Waals surface area contributed by atoms with E-state index in [2.05, 4.69) is 0 Å². The molecular weight excluding hydrogens is 317 g/mol. The molecule has 0 fully saturated rings. The van der Waals surface area contributed by atoms with Crippen LogP contribution in [0.4, 0.5) is 4.39 Å². The molecule has 0 heterocycles. The zero-order valence-corrected chi connectivity index (χ0v) is 13.4. The number of ketones is 1. The lowest BCUT2D eigenvalue weighted by Crippen LogP contribution is -2.22. The van der Waals surface area contributed by atoms with Crippen molar-refractivity contribution < 1.29 is 14.0 Å². The van der Waals surface area contributed by atoms with E-state index in [0.717, 1.165) is 0 Å². The van der Waals surface area contributed by atoms with Crippen molar-refractivity contribution in [3.63, 3.8) is 0 Å². The van der Waals surface area contributed by atoms with Crippen LogP contribution in [0.5, 0.6) is 0 Å². The molecule has 0 aliphatic heterocycles. The molecule has 0 saturated carbocycles. The van der Waals surface area contributed by atoms with Gasteiger partial charge in [-0.2, -0.15) is 0 Å². The van der Waals surface area contributed by atoms with E-state index in [0.29, 0.717) is 22.3 Å². The summed E-state index contributed by atoms with van der Waals surface area (Å²) in [5.41, 5.74) is 7.91. The topological polar surface area (TPSA) is 60.2 Å². The zero-order valence-electron chi connectivity index (χ0n) is 13.4. The first-order chi connectivity index (χ1) is 12.1. The number of halogens is 1. The predicted octanol–water partition coefficient (Wildman–Crippen LogP) is 3.67. The van der Waals surface area contributed by atoms with Gasteiger partial charge in [0.15, 0.2) is 5.78 Å². The average molecular weight is 333 g/mol. The Kier molecular flexibility index (Phi) is 4.70. The number of hydrogen-bond donors (Lipinski definition) is 1. The highest BCUT2D eigenvalue weighted by Gasteiger charge is 2.20.